The number of carbonyl (C=O) groups excluding carboxylic acids is 1. The van der Waals surface area contributed by atoms with Gasteiger partial charge >= 0.3 is 12.4 Å². The zero-order valence-corrected chi connectivity index (χ0v) is 28.6. The molecule has 1 unspecified atom stereocenters. The maximum atomic E-state index is 13.5. The standard InChI is InChI=1S/C39H45F6N3O3/c40-38(41,42)31-24-29(25-32(26-31)39(43,44)45)27-51-28-36(30-8-2-1-3-9-30)13-17-47(18-14-36)16-7-6-12-37(15-19-48-20-22-50-23-21-48)33-10-4-5-11-34(33)46-35(37)49/h1-5,8-11,24-26H,6-7,12-23,27-28H2,(H,46,49). The molecule has 3 heterocycles. The summed E-state index contributed by atoms with van der Waals surface area (Å²) in [6.07, 6.45) is -5.07. The number of likely N-dealkylation sites (tertiary alicyclic amines) is 1. The second-order valence-electron chi connectivity index (χ2n) is 14.1. The molecule has 6 nitrogen and oxygen atoms in total. The van der Waals surface area contributed by atoms with Crippen molar-refractivity contribution in [2.45, 2.75) is 68.3 Å². The van der Waals surface area contributed by atoms with E-state index in [0.717, 1.165) is 107 Å². The number of alkyl halides is 6. The average molecular weight is 718 g/mol. The fraction of sp³-hybridized carbons (Fsp3) is 0.513. The third-order valence-electron chi connectivity index (χ3n) is 10.9. The predicted octanol–water partition coefficient (Wildman–Crippen LogP) is 8.06. The van der Waals surface area contributed by atoms with Crippen LogP contribution in [0.2, 0.25) is 0 Å². The summed E-state index contributed by atoms with van der Waals surface area (Å²) in [5.41, 5.74) is -0.844. The molecule has 12 heteroatoms. The van der Waals surface area contributed by atoms with E-state index in [1.807, 2.05) is 48.5 Å². The van der Waals surface area contributed by atoms with Gasteiger partial charge in [-0.15, -0.1) is 0 Å². The molecule has 3 aliphatic rings. The van der Waals surface area contributed by atoms with Crippen LogP contribution in [0, 0.1) is 0 Å². The molecule has 0 aromatic heterocycles. The van der Waals surface area contributed by atoms with E-state index < -0.39 is 34.3 Å². The fourth-order valence-electron chi connectivity index (χ4n) is 7.91. The number of unbranched alkanes of at least 4 members (excludes halogenated alkanes) is 1. The molecule has 51 heavy (non-hydrogen) atoms. The number of carbonyl (C=O) groups is 1. The van der Waals surface area contributed by atoms with Crippen LogP contribution in [0.1, 0.15) is 66.3 Å². The third-order valence-corrected chi connectivity index (χ3v) is 10.9. The van der Waals surface area contributed by atoms with Gasteiger partial charge in [-0.3, -0.25) is 9.69 Å². The highest BCUT2D eigenvalue weighted by atomic mass is 19.4. The van der Waals surface area contributed by atoms with Gasteiger partial charge in [0.25, 0.3) is 0 Å². The highest BCUT2D eigenvalue weighted by Crippen LogP contribution is 2.44. The minimum absolute atomic E-state index is 0.0716. The van der Waals surface area contributed by atoms with Crippen molar-refractivity contribution in [1.82, 2.24) is 9.80 Å². The number of anilines is 1. The number of nitrogens with one attached hydrogen (secondary N) is 1. The lowest BCUT2D eigenvalue weighted by atomic mass is 9.73. The Morgan fingerprint density at radius 3 is 2.04 bits per heavy atom. The molecule has 1 amide bonds. The summed E-state index contributed by atoms with van der Waals surface area (Å²) in [5, 5.41) is 3.13. The number of halogens is 6. The van der Waals surface area contributed by atoms with Gasteiger partial charge in [0, 0.05) is 24.2 Å². The Labute approximate surface area is 295 Å². The predicted molar refractivity (Wildman–Crippen MR) is 182 cm³/mol. The van der Waals surface area contributed by atoms with E-state index in [1.54, 1.807) is 0 Å². The summed E-state index contributed by atoms with van der Waals surface area (Å²) in [5.74, 6) is 0.0716. The number of piperidine rings is 1. The number of rotatable bonds is 13. The van der Waals surface area contributed by atoms with E-state index in [4.69, 9.17) is 9.47 Å². The molecule has 3 aromatic rings. The van der Waals surface area contributed by atoms with Crippen LogP contribution in [0.15, 0.2) is 72.8 Å². The number of fused-ring (bicyclic) bond motifs is 1. The number of hydrogen-bond acceptors (Lipinski definition) is 5. The number of ether oxygens (including phenoxy) is 2. The van der Waals surface area contributed by atoms with Crippen LogP contribution >= 0.6 is 0 Å². The van der Waals surface area contributed by atoms with Crippen LogP contribution in [0.25, 0.3) is 0 Å². The van der Waals surface area contributed by atoms with Gasteiger partial charge in [0.15, 0.2) is 0 Å². The topological polar surface area (TPSA) is 54.0 Å². The van der Waals surface area contributed by atoms with Gasteiger partial charge in [-0.2, -0.15) is 26.3 Å². The molecule has 0 saturated carbocycles. The second kappa shape index (κ2) is 15.7. The van der Waals surface area contributed by atoms with Gasteiger partial charge in [0.2, 0.25) is 5.91 Å². The highest BCUT2D eigenvalue weighted by molar-refractivity contribution is 6.06. The zero-order valence-electron chi connectivity index (χ0n) is 28.6. The van der Waals surface area contributed by atoms with E-state index in [9.17, 15) is 31.1 Å². The Kier molecular flexibility index (Phi) is 11.5. The number of nitrogens with zero attached hydrogens (tertiary/aromatic N) is 2. The molecular formula is C39H45F6N3O3. The van der Waals surface area contributed by atoms with E-state index in [0.29, 0.717) is 13.2 Å². The molecule has 1 atom stereocenters. The largest absolute Gasteiger partial charge is 0.416 e. The zero-order chi connectivity index (χ0) is 36.1. The molecule has 6 rings (SSSR count). The molecule has 0 bridgehead atoms. The molecule has 1 N–H and O–H groups in total. The van der Waals surface area contributed by atoms with E-state index in [2.05, 4.69) is 21.2 Å². The van der Waals surface area contributed by atoms with Crippen molar-refractivity contribution in [1.29, 1.82) is 0 Å². The number of para-hydroxylation sites is 1. The van der Waals surface area contributed by atoms with Crippen molar-refractivity contribution in [2.75, 3.05) is 64.4 Å². The third kappa shape index (κ3) is 8.79. The van der Waals surface area contributed by atoms with Crippen LogP contribution < -0.4 is 5.32 Å². The molecule has 0 spiro atoms. The smallest absolute Gasteiger partial charge is 0.379 e. The molecule has 3 aromatic carbocycles. The average Bonchev–Trinajstić information content (AvgIpc) is 3.40. The van der Waals surface area contributed by atoms with Crippen molar-refractivity contribution < 1.29 is 40.6 Å². The Bertz CT molecular complexity index is 1590. The Hall–Kier alpha value is -3.45. The number of amides is 1. The number of hydrogen-bond donors (Lipinski definition) is 1. The minimum atomic E-state index is -4.91. The van der Waals surface area contributed by atoms with Crippen molar-refractivity contribution in [2.24, 2.45) is 0 Å². The first-order valence-corrected chi connectivity index (χ1v) is 17.7. The Morgan fingerprint density at radius 1 is 0.745 bits per heavy atom. The van der Waals surface area contributed by atoms with Crippen LogP contribution in [0.5, 0.6) is 0 Å². The van der Waals surface area contributed by atoms with E-state index >= 15 is 0 Å². The second-order valence-corrected chi connectivity index (χ2v) is 14.1. The fourth-order valence-corrected chi connectivity index (χ4v) is 7.91. The van der Waals surface area contributed by atoms with Gasteiger partial charge in [0.05, 0.1) is 43.0 Å². The molecule has 2 fully saturated rings. The lowest BCUT2D eigenvalue weighted by molar-refractivity contribution is -0.143. The van der Waals surface area contributed by atoms with Crippen molar-refractivity contribution in [3.05, 3.63) is 101 Å². The van der Waals surface area contributed by atoms with Gasteiger partial charge < -0.3 is 19.7 Å². The molecular weight excluding hydrogens is 672 g/mol. The number of benzene rings is 3. The summed E-state index contributed by atoms with van der Waals surface area (Å²) in [4.78, 5) is 18.3. The molecule has 2 saturated heterocycles. The summed E-state index contributed by atoms with van der Waals surface area (Å²) in [7, 11) is 0. The normalized spacial score (nSPS) is 21.4. The molecule has 0 aliphatic carbocycles. The first kappa shape index (κ1) is 37.3. The lowest BCUT2D eigenvalue weighted by Gasteiger charge is -2.42. The SMILES string of the molecule is O=C1Nc2ccccc2C1(CCCCN1CCC(COCc2cc(C(F)(F)F)cc(C(F)(F)F)c2)(c2ccccc2)CC1)CCN1CCOCC1. The maximum Gasteiger partial charge on any atom is 0.416 e. The summed E-state index contributed by atoms with van der Waals surface area (Å²) in [6, 6.07) is 19.4. The molecule has 0 radical (unpaired) electrons. The van der Waals surface area contributed by atoms with Crippen molar-refractivity contribution >= 4 is 11.6 Å². The van der Waals surface area contributed by atoms with Crippen LogP contribution in [0.4, 0.5) is 32.0 Å². The quantitative estimate of drug-likeness (QED) is 0.143. The first-order valence-electron chi connectivity index (χ1n) is 17.7. The monoisotopic (exact) mass is 717 g/mol. The summed E-state index contributed by atoms with van der Waals surface area (Å²) in [6.45, 7) is 6.19. The van der Waals surface area contributed by atoms with E-state index in [-0.39, 0.29) is 30.8 Å². The van der Waals surface area contributed by atoms with Gasteiger partial charge in [-0.1, -0.05) is 55.0 Å². The maximum absolute atomic E-state index is 13.5. The van der Waals surface area contributed by atoms with Crippen molar-refractivity contribution in [3.8, 4) is 0 Å². The van der Waals surface area contributed by atoms with Gasteiger partial charge in [-0.05, 0) is 99.2 Å². The number of morpholine rings is 1. The van der Waals surface area contributed by atoms with Gasteiger partial charge in [-0.25, -0.2) is 0 Å². The highest BCUT2D eigenvalue weighted by Gasteiger charge is 2.46. The summed E-state index contributed by atoms with van der Waals surface area (Å²) < 4.78 is 92.0. The summed E-state index contributed by atoms with van der Waals surface area (Å²) >= 11 is 0. The lowest BCUT2D eigenvalue weighted by Crippen LogP contribution is -2.45. The molecule has 3 aliphatic heterocycles. The minimum Gasteiger partial charge on any atom is -0.379 e. The Balaban J connectivity index is 1.06. The molecule has 276 valence electrons. The van der Waals surface area contributed by atoms with Gasteiger partial charge in [0.1, 0.15) is 0 Å². The first-order chi connectivity index (χ1) is 24.4. The van der Waals surface area contributed by atoms with Crippen molar-refractivity contribution in [3.63, 3.8) is 0 Å². The van der Waals surface area contributed by atoms with Crippen LogP contribution in [-0.4, -0.2) is 74.8 Å². The van der Waals surface area contributed by atoms with Crippen LogP contribution in [0.3, 0.4) is 0 Å². The van der Waals surface area contributed by atoms with E-state index in [1.165, 1.54) is 0 Å². The Morgan fingerprint density at radius 2 is 1.37 bits per heavy atom. The van der Waals surface area contributed by atoms with Crippen LogP contribution in [-0.2, 0) is 44.1 Å².